The van der Waals surface area contributed by atoms with Crippen molar-refractivity contribution in [3.63, 3.8) is 0 Å². The van der Waals surface area contributed by atoms with Gasteiger partial charge in [0.25, 0.3) is 0 Å². The van der Waals surface area contributed by atoms with Crippen LogP contribution < -0.4 is 0 Å². The maximum absolute atomic E-state index is 12.6. The van der Waals surface area contributed by atoms with Crippen molar-refractivity contribution in [2.24, 2.45) is 5.41 Å². The molecular weight excluding hydrogens is 476 g/mol. The molecule has 3 aromatic rings. The zero-order chi connectivity index (χ0) is 26.5. The van der Waals surface area contributed by atoms with Gasteiger partial charge in [0, 0.05) is 6.08 Å². The second-order valence-corrected chi connectivity index (χ2v) is 8.14. The average Bonchev–Trinajstić information content (AvgIpc) is 2.97. The lowest BCUT2D eigenvalue weighted by molar-refractivity contribution is -0.145. The van der Waals surface area contributed by atoms with Gasteiger partial charge in [-0.1, -0.05) is 61.2 Å². The van der Waals surface area contributed by atoms with E-state index in [0.717, 1.165) is 6.08 Å². The maximum atomic E-state index is 12.6. The summed E-state index contributed by atoms with van der Waals surface area (Å²) in [4.78, 5) is 49.8. The summed E-state index contributed by atoms with van der Waals surface area (Å²) in [7, 11) is 0. The molecule has 0 fully saturated rings. The Morgan fingerprint density at radius 2 is 0.838 bits per heavy atom. The summed E-state index contributed by atoms with van der Waals surface area (Å²) in [5.74, 6) is -2.70. The van der Waals surface area contributed by atoms with E-state index in [1.165, 1.54) is 0 Å². The molecule has 0 bridgehead atoms. The number of ether oxygens (including phenoxy) is 4. The molecule has 0 aliphatic rings. The Morgan fingerprint density at radius 3 is 1.14 bits per heavy atom. The maximum Gasteiger partial charge on any atom is 0.338 e. The fourth-order valence-electron chi connectivity index (χ4n) is 3.16. The van der Waals surface area contributed by atoms with Gasteiger partial charge in [-0.25, -0.2) is 19.2 Å². The summed E-state index contributed by atoms with van der Waals surface area (Å²) in [5, 5.41) is 0. The van der Waals surface area contributed by atoms with Crippen LogP contribution in [0, 0.1) is 5.41 Å². The van der Waals surface area contributed by atoms with E-state index in [1.54, 1.807) is 91.0 Å². The Bertz CT molecular complexity index is 1070. The minimum absolute atomic E-state index is 0.294. The molecule has 0 amide bonds. The molecule has 0 atom stereocenters. The molecule has 0 spiro atoms. The first kappa shape index (κ1) is 26.9. The van der Waals surface area contributed by atoms with Gasteiger partial charge < -0.3 is 18.9 Å². The molecule has 190 valence electrons. The lowest BCUT2D eigenvalue weighted by Crippen LogP contribution is -2.44. The molecule has 37 heavy (non-hydrogen) atoms. The van der Waals surface area contributed by atoms with Gasteiger partial charge in [-0.2, -0.15) is 0 Å². The minimum Gasteiger partial charge on any atom is -0.462 e. The van der Waals surface area contributed by atoms with E-state index in [1.807, 2.05) is 0 Å². The Kier molecular flexibility index (Phi) is 9.73. The van der Waals surface area contributed by atoms with Crippen LogP contribution >= 0.6 is 0 Å². The van der Waals surface area contributed by atoms with Crippen molar-refractivity contribution in [1.29, 1.82) is 0 Å². The van der Waals surface area contributed by atoms with E-state index in [2.05, 4.69) is 6.58 Å². The standard InChI is InChI=1S/C29H26O8/c1-2-25(30)34-18-29(19-35-26(31)22-12-6-3-7-13-22,20-36-27(32)23-14-8-4-9-15-23)21-37-28(33)24-16-10-5-11-17-24/h2-17H,1,18-21H2. The third kappa shape index (κ3) is 8.17. The monoisotopic (exact) mass is 502 g/mol. The predicted molar refractivity (Wildman–Crippen MR) is 134 cm³/mol. The van der Waals surface area contributed by atoms with Crippen molar-refractivity contribution in [1.82, 2.24) is 0 Å². The molecule has 0 saturated heterocycles. The second kappa shape index (κ2) is 13.4. The average molecular weight is 503 g/mol. The molecule has 0 N–H and O–H groups in total. The number of hydrogen-bond donors (Lipinski definition) is 0. The lowest BCUT2D eigenvalue weighted by atomic mass is 9.92. The van der Waals surface area contributed by atoms with Crippen LogP contribution in [-0.2, 0) is 23.7 Å². The molecule has 0 heterocycles. The van der Waals surface area contributed by atoms with Crippen molar-refractivity contribution in [3.8, 4) is 0 Å². The first-order valence-corrected chi connectivity index (χ1v) is 11.4. The molecule has 8 nitrogen and oxygen atoms in total. The van der Waals surface area contributed by atoms with Crippen molar-refractivity contribution in [2.75, 3.05) is 26.4 Å². The number of carbonyl (C=O) groups excluding carboxylic acids is 4. The highest BCUT2D eigenvalue weighted by Gasteiger charge is 2.38. The molecule has 0 aliphatic heterocycles. The Hall–Kier alpha value is -4.72. The van der Waals surface area contributed by atoms with Crippen LogP contribution in [0.25, 0.3) is 0 Å². The van der Waals surface area contributed by atoms with Crippen LogP contribution in [0.1, 0.15) is 31.1 Å². The molecule has 3 aromatic carbocycles. The van der Waals surface area contributed by atoms with Gasteiger partial charge in [-0.15, -0.1) is 0 Å². The highest BCUT2D eigenvalue weighted by Crippen LogP contribution is 2.23. The number of esters is 4. The third-order valence-electron chi connectivity index (χ3n) is 5.24. The van der Waals surface area contributed by atoms with E-state index < -0.39 is 29.3 Å². The van der Waals surface area contributed by atoms with Crippen LogP contribution in [-0.4, -0.2) is 50.3 Å². The van der Waals surface area contributed by atoms with E-state index in [4.69, 9.17) is 18.9 Å². The molecule has 0 unspecified atom stereocenters. The smallest absolute Gasteiger partial charge is 0.338 e. The first-order chi connectivity index (χ1) is 17.9. The topological polar surface area (TPSA) is 105 Å². The molecule has 0 radical (unpaired) electrons. The zero-order valence-electron chi connectivity index (χ0n) is 20.0. The lowest BCUT2D eigenvalue weighted by Gasteiger charge is -2.31. The van der Waals surface area contributed by atoms with Gasteiger partial charge in [0.15, 0.2) is 0 Å². The van der Waals surface area contributed by atoms with E-state index in [0.29, 0.717) is 16.7 Å². The minimum atomic E-state index is -1.40. The summed E-state index contributed by atoms with van der Waals surface area (Å²) >= 11 is 0. The molecule has 8 heteroatoms. The number of hydrogen-bond acceptors (Lipinski definition) is 8. The van der Waals surface area contributed by atoms with Crippen LogP contribution in [0.4, 0.5) is 0 Å². The summed E-state index contributed by atoms with van der Waals surface area (Å²) < 4.78 is 21.7. The third-order valence-corrected chi connectivity index (χ3v) is 5.24. The largest absolute Gasteiger partial charge is 0.462 e. The summed E-state index contributed by atoms with van der Waals surface area (Å²) in [5.41, 5.74) is -0.524. The summed E-state index contributed by atoms with van der Waals surface area (Å²) in [6, 6.07) is 24.8. The molecule has 0 aliphatic carbocycles. The first-order valence-electron chi connectivity index (χ1n) is 11.4. The van der Waals surface area contributed by atoms with Crippen LogP contribution in [0.2, 0.25) is 0 Å². The predicted octanol–water partition coefficient (Wildman–Crippen LogP) is 4.27. The Labute approximate surface area is 214 Å². The molecule has 3 rings (SSSR count). The van der Waals surface area contributed by atoms with Gasteiger partial charge in [-0.3, -0.25) is 0 Å². The number of carbonyl (C=O) groups is 4. The highest BCUT2D eigenvalue weighted by atomic mass is 16.6. The van der Waals surface area contributed by atoms with Gasteiger partial charge in [0.05, 0.1) is 16.7 Å². The van der Waals surface area contributed by atoms with Crippen LogP contribution in [0.15, 0.2) is 104 Å². The summed E-state index contributed by atoms with van der Waals surface area (Å²) in [6.07, 6.45) is 0.965. The van der Waals surface area contributed by atoms with Gasteiger partial charge in [-0.05, 0) is 36.4 Å². The fraction of sp³-hybridized carbons (Fsp3) is 0.172. The van der Waals surface area contributed by atoms with Gasteiger partial charge >= 0.3 is 23.9 Å². The fourth-order valence-corrected chi connectivity index (χ4v) is 3.16. The normalized spacial score (nSPS) is 10.6. The van der Waals surface area contributed by atoms with Crippen LogP contribution in [0.5, 0.6) is 0 Å². The Balaban J connectivity index is 1.83. The van der Waals surface area contributed by atoms with Crippen LogP contribution in [0.3, 0.4) is 0 Å². The zero-order valence-corrected chi connectivity index (χ0v) is 20.0. The molecule has 0 saturated carbocycles. The van der Waals surface area contributed by atoms with Gasteiger partial charge in [0.2, 0.25) is 0 Å². The van der Waals surface area contributed by atoms with Crippen molar-refractivity contribution < 1.29 is 38.1 Å². The van der Waals surface area contributed by atoms with Crippen molar-refractivity contribution in [3.05, 3.63) is 120 Å². The van der Waals surface area contributed by atoms with E-state index >= 15 is 0 Å². The quantitative estimate of drug-likeness (QED) is 0.205. The number of benzene rings is 3. The Morgan fingerprint density at radius 1 is 0.541 bits per heavy atom. The second-order valence-electron chi connectivity index (χ2n) is 8.14. The van der Waals surface area contributed by atoms with Gasteiger partial charge in [0.1, 0.15) is 31.8 Å². The SMILES string of the molecule is C=CC(=O)OCC(COC(=O)c1ccccc1)(COC(=O)c1ccccc1)COC(=O)c1ccccc1. The van der Waals surface area contributed by atoms with Crippen molar-refractivity contribution in [2.45, 2.75) is 0 Å². The summed E-state index contributed by atoms with van der Waals surface area (Å²) in [6.45, 7) is 1.85. The van der Waals surface area contributed by atoms with Crippen molar-refractivity contribution >= 4 is 23.9 Å². The van der Waals surface area contributed by atoms with E-state index in [9.17, 15) is 19.2 Å². The molecular formula is C29H26O8. The highest BCUT2D eigenvalue weighted by molar-refractivity contribution is 5.90. The number of rotatable bonds is 12. The van der Waals surface area contributed by atoms with E-state index in [-0.39, 0.29) is 26.4 Å². The molecule has 0 aromatic heterocycles.